The molecule has 88 valence electrons. The predicted molar refractivity (Wildman–Crippen MR) is 58.6 cm³/mol. The molecule has 0 bridgehead atoms. The Morgan fingerprint density at radius 2 is 2.33 bits per heavy atom. The van der Waals surface area contributed by atoms with Gasteiger partial charge in [-0.15, -0.1) is 0 Å². The Balaban J connectivity index is 1.84. The number of likely N-dealkylation sites (tertiary alicyclic amines) is 1. The van der Waals surface area contributed by atoms with Gasteiger partial charge in [-0.2, -0.15) is 0 Å². The maximum atomic E-state index is 5.87. The number of rotatable bonds is 4. The van der Waals surface area contributed by atoms with Gasteiger partial charge in [-0.1, -0.05) is 6.92 Å². The van der Waals surface area contributed by atoms with Gasteiger partial charge in [0.1, 0.15) is 0 Å². The van der Waals surface area contributed by atoms with E-state index >= 15 is 0 Å². The second kappa shape index (κ2) is 5.25. The van der Waals surface area contributed by atoms with Crippen molar-refractivity contribution >= 4 is 0 Å². The molecular weight excluding hydrogens is 192 g/mol. The van der Waals surface area contributed by atoms with Crippen LogP contribution in [0.5, 0.6) is 0 Å². The minimum Gasteiger partial charge on any atom is -0.348 e. The lowest BCUT2D eigenvalue weighted by molar-refractivity contribution is -0.101. The molecule has 2 aliphatic rings. The van der Waals surface area contributed by atoms with Gasteiger partial charge in [0.2, 0.25) is 0 Å². The molecule has 0 aliphatic carbocycles. The maximum Gasteiger partial charge on any atom is 0.173 e. The van der Waals surface area contributed by atoms with Crippen molar-refractivity contribution in [2.24, 2.45) is 5.73 Å². The molecular formula is C11H22N2O2. The zero-order chi connectivity index (χ0) is 10.7. The Morgan fingerprint density at radius 3 is 3.07 bits per heavy atom. The molecule has 0 amide bonds. The highest BCUT2D eigenvalue weighted by molar-refractivity contribution is 4.84. The molecule has 4 nitrogen and oxygen atoms in total. The van der Waals surface area contributed by atoms with Gasteiger partial charge >= 0.3 is 0 Å². The predicted octanol–water partition coefficient (Wildman–Crippen LogP) is 0.561. The smallest absolute Gasteiger partial charge is 0.173 e. The number of ether oxygens (including phenoxy) is 2. The Labute approximate surface area is 91.7 Å². The molecule has 2 aliphatic heterocycles. The van der Waals surface area contributed by atoms with Crippen LogP contribution in [0.3, 0.4) is 0 Å². The number of likely N-dealkylation sites (N-methyl/N-ethyl adjacent to an activating group) is 1. The van der Waals surface area contributed by atoms with Crippen molar-refractivity contribution in [1.29, 1.82) is 0 Å². The third kappa shape index (κ3) is 2.50. The number of hydrogen-bond acceptors (Lipinski definition) is 4. The molecule has 3 unspecified atom stereocenters. The molecule has 0 aromatic rings. The average Bonchev–Trinajstić information content (AvgIpc) is 2.84. The monoisotopic (exact) mass is 214 g/mol. The summed E-state index contributed by atoms with van der Waals surface area (Å²) in [7, 11) is 0. The largest absolute Gasteiger partial charge is 0.348 e. The molecule has 2 N–H and O–H groups in total. The molecule has 15 heavy (non-hydrogen) atoms. The first kappa shape index (κ1) is 11.3. The van der Waals surface area contributed by atoms with Crippen LogP contribution in [-0.4, -0.2) is 49.6 Å². The Morgan fingerprint density at radius 1 is 1.47 bits per heavy atom. The van der Waals surface area contributed by atoms with Crippen molar-refractivity contribution in [3.63, 3.8) is 0 Å². The lowest BCUT2D eigenvalue weighted by Gasteiger charge is -2.27. The highest BCUT2D eigenvalue weighted by Gasteiger charge is 2.37. The first-order valence-electron chi connectivity index (χ1n) is 6.06. The van der Waals surface area contributed by atoms with Gasteiger partial charge in [0.25, 0.3) is 0 Å². The first-order valence-corrected chi connectivity index (χ1v) is 6.06. The summed E-state index contributed by atoms with van der Waals surface area (Å²) in [5.41, 5.74) is 5.51. The summed E-state index contributed by atoms with van der Waals surface area (Å²) in [6.07, 6.45) is 3.59. The van der Waals surface area contributed by atoms with Crippen LogP contribution < -0.4 is 5.73 Å². The summed E-state index contributed by atoms with van der Waals surface area (Å²) >= 11 is 0. The van der Waals surface area contributed by atoms with Gasteiger partial charge in [0, 0.05) is 0 Å². The summed E-state index contributed by atoms with van der Waals surface area (Å²) < 4.78 is 11.6. The van der Waals surface area contributed by atoms with Gasteiger partial charge in [-0.25, -0.2) is 0 Å². The Hall–Kier alpha value is -0.160. The summed E-state index contributed by atoms with van der Waals surface area (Å²) in [5, 5.41) is 0. The number of nitrogens with zero attached hydrogens (tertiary/aromatic N) is 1. The van der Waals surface area contributed by atoms with E-state index in [4.69, 9.17) is 15.2 Å². The van der Waals surface area contributed by atoms with E-state index in [0.717, 1.165) is 19.6 Å². The van der Waals surface area contributed by atoms with Crippen LogP contribution in [-0.2, 0) is 9.47 Å². The minimum absolute atomic E-state index is 0.0102. The standard InChI is InChI=1S/C11H22N2O2/c1-2-13-7-3-4-10(13)11-14-8-9(15-11)5-6-12/h9-11H,2-8,12H2,1H3. The molecule has 0 spiro atoms. The first-order chi connectivity index (χ1) is 7.35. The van der Waals surface area contributed by atoms with E-state index < -0.39 is 0 Å². The zero-order valence-electron chi connectivity index (χ0n) is 9.52. The average molecular weight is 214 g/mol. The molecule has 0 aromatic heterocycles. The zero-order valence-corrected chi connectivity index (χ0v) is 9.52. The second-order valence-corrected chi connectivity index (χ2v) is 4.38. The minimum atomic E-state index is -0.0102. The quantitative estimate of drug-likeness (QED) is 0.743. The maximum absolute atomic E-state index is 5.87. The van der Waals surface area contributed by atoms with E-state index in [1.54, 1.807) is 0 Å². The third-order valence-corrected chi connectivity index (χ3v) is 3.40. The lowest BCUT2D eigenvalue weighted by atomic mass is 10.2. The van der Waals surface area contributed by atoms with Crippen molar-refractivity contribution in [2.45, 2.75) is 44.6 Å². The molecule has 2 fully saturated rings. The second-order valence-electron chi connectivity index (χ2n) is 4.38. The van der Waals surface area contributed by atoms with Crippen LogP contribution in [0, 0.1) is 0 Å². The fourth-order valence-electron chi connectivity index (χ4n) is 2.56. The van der Waals surface area contributed by atoms with Gasteiger partial charge in [-0.05, 0) is 38.9 Å². The van der Waals surface area contributed by atoms with E-state index in [-0.39, 0.29) is 12.4 Å². The molecule has 2 heterocycles. The molecule has 0 aromatic carbocycles. The lowest BCUT2D eigenvalue weighted by Crippen LogP contribution is -2.39. The van der Waals surface area contributed by atoms with Gasteiger partial charge in [-0.3, -0.25) is 4.90 Å². The highest BCUT2D eigenvalue weighted by Crippen LogP contribution is 2.27. The highest BCUT2D eigenvalue weighted by atomic mass is 16.7. The summed E-state index contributed by atoms with van der Waals surface area (Å²) in [6, 6.07) is 0.470. The van der Waals surface area contributed by atoms with Gasteiger partial charge < -0.3 is 15.2 Å². The SMILES string of the molecule is CCN1CCCC1C1OCC(CCN)O1. The van der Waals surface area contributed by atoms with Crippen molar-refractivity contribution < 1.29 is 9.47 Å². The molecule has 2 saturated heterocycles. The van der Waals surface area contributed by atoms with E-state index in [9.17, 15) is 0 Å². The van der Waals surface area contributed by atoms with E-state index in [1.165, 1.54) is 19.4 Å². The molecule has 2 rings (SSSR count). The fraction of sp³-hybridized carbons (Fsp3) is 1.00. The normalized spacial score (nSPS) is 37.6. The van der Waals surface area contributed by atoms with Crippen LogP contribution >= 0.6 is 0 Å². The van der Waals surface area contributed by atoms with Crippen LogP contribution in [0.1, 0.15) is 26.2 Å². The molecule has 0 saturated carbocycles. The van der Waals surface area contributed by atoms with E-state index in [2.05, 4.69) is 11.8 Å². The van der Waals surface area contributed by atoms with Crippen LogP contribution in [0.15, 0.2) is 0 Å². The summed E-state index contributed by atoms with van der Waals surface area (Å²) in [6.45, 7) is 5.88. The van der Waals surface area contributed by atoms with Gasteiger partial charge in [0.15, 0.2) is 6.29 Å². The van der Waals surface area contributed by atoms with Crippen LogP contribution in [0.25, 0.3) is 0 Å². The molecule has 4 heteroatoms. The molecule has 3 atom stereocenters. The van der Waals surface area contributed by atoms with Crippen molar-refractivity contribution in [3.8, 4) is 0 Å². The fourth-order valence-corrected chi connectivity index (χ4v) is 2.56. The van der Waals surface area contributed by atoms with Crippen LogP contribution in [0.2, 0.25) is 0 Å². The Kier molecular flexibility index (Phi) is 3.97. The summed E-state index contributed by atoms with van der Waals surface area (Å²) in [5.74, 6) is 0. The topological polar surface area (TPSA) is 47.7 Å². The van der Waals surface area contributed by atoms with E-state index in [0.29, 0.717) is 12.6 Å². The number of hydrogen-bond donors (Lipinski definition) is 1. The van der Waals surface area contributed by atoms with Crippen molar-refractivity contribution in [3.05, 3.63) is 0 Å². The number of nitrogens with two attached hydrogens (primary N) is 1. The van der Waals surface area contributed by atoms with E-state index in [1.807, 2.05) is 0 Å². The summed E-state index contributed by atoms with van der Waals surface area (Å²) in [4.78, 5) is 2.45. The van der Waals surface area contributed by atoms with Crippen molar-refractivity contribution in [1.82, 2.24) is 4.90 Å². The van der Waals surface area contributed by atoms with Crippen LogP contribution in [0.4, 0.5) is 0 Å². The Bertz CT molecular complexity index is 201. The molecule has 0 radical (unpaired) electrons. The van der Waals surface area contributed by atoms with Gasteiger partial charge in [0.05, 0.1) is 18.8 Å². The third-order valence-electron chi connectivity index (χ3n) is 3.40. The van der Waals surface area contributed by atoms with Crippen molar-refractivity contribution in [2.75, 3.05) is 26.2 Å².